The number of phenols is 2. The van der Waals surface area contributed by atoms with Crippen molar-refractivity contribution in [2.45, 2.75) is 55.9 Å². The van der Waals surface area contributed by atoms with Crippen LogP contribution in [0.1, 0.15) is 59.8 Å². The quantitative estimate of drug-likeness (QED) is 0.0917. The highest BCUT2D eigenvalue weighted by atomic mass is 32.2. The van der Waals surface area contributed by atoms with E-state index in [1.165, 1.54) is 37.4 Å². The van der Waals surface area contributed by atoms with Crippen LogP contribution in [0, 0.1) is 0 Å². The first-order chi connectivity index (χ1) is 21.1. The number of carbonyl (C=O) groups is 5. The van der Waals surface area contributed by atoms with E-state index >= 15 is 0 Å². The SMILES string of the molecule is C=CC(C)(C)c1cc([C@@H](CC(=O)c2ccc(O)cc2)SC[C@@H](NC(=O)CCC(N)C(=O)O)C(=O)NCC(=O)O)c(OC)cc1O. The molecule has 0 aromatic heterocycles. The van der Waals surface area contributed by atoms with E-state index in [9.17, 15) is 34.2 Å². The lowest BCUT2D eigenvalue weighted by atomic mass is 9.82. The molecule has 2 amide bonds. The highest BCUT2D eigenvalue weighted by Crippen LogP contribution is 2.44. The summed E-state index contributed by atoms with van der Waals surface area (Å²) in [6.07, 6.45) is 1.01. The number of carboxylic acids is 2. The van der Waals surface area contributed by atoms with Crippen LogP contribution in [0.25, 0.3) is 0 Å². The number of phenolic OH excluding ortho intramolecular Hbond substituents is 2. The van der Waals surface area contributed by atoms with E-state index in [0.29, 0.717) is 16.7 Å². The van der Waals surface area contributed by atoms with Crippen LogP contribution in [-0.2, 0) is 24.6 Å². The van der Waals surface area contributed by atoms with Crippen molar-refractivity contribution in [1.82, 2.24) is 10.6 Å². The van der Waals surface area contributed by atoms with Crippen LogP contribution in [0.4, 0.5) is 0 Å². The number of rotatable bonds is 18. The topological polar surface area (TPSA) is 226 Å². The number of nitrogens with one attached hydrogen (secondary N) is 2. The molecule has 0 fully saturated rings. The highest BCUT2D eigenvalue weighted by Gasteiger charge is 2.30. The van der Waals surface area contributed by atoms with Gasteiger partial charge in [-0.1, -0.05) is 19.9 Å². The maximum absolute atomic E-state index is 13.4. The van der Waals surface area contributed by atoms with Gasteiger partial charge in [-0.3, -0.25) is 24.0 Å². The van der Waals surface area contributed by atoms with E-state index < -0.39 is 53.0 Å². The fourth-order valence-electron chi connectivity index (χ4n) is 4.19. The zero-order valence-corrected chi connectivity index (χ0v) is 26.1. The Hall–Kier alpha value is -4.56. The fourth-order valence-corrected chi connectivity index (χ4v) is 5.48. The Bertz CT molecular complexity index is 1410. The predicted octanol–water partition coefficient (Wildman–Crippen LogP) is 2.50. The first-order valence-corrected chi connectivity index (χ1v) is 14.9. The number of benzene rings is 2. The van der Waals surface area contributed by atoms with Gasteiger partial charge in [-0.05, 0) is 36.8 Å². The molecular formula is C31H39N3O10S. The van der Waals surface area contributed by atoms with Crippen molar-refractivity contribution in [2.24, 2.45) is 5.73 Å². The Morgan fingerprint density at radius 1 is 1.09 bits per heavy atom. The zero-order valence-electron chi connectivity index (χ0n) is 25.2. The third kappa shape index (κ3) is 10.8. The second-order valence-electron chi connectivity index (χ2n) is 10.7. The van der Waals surface area contributed by atoms with Crippen LogP contribution in [0.15, 0.2) is 49.1 Å². The standard InChI is InChI=1S/C31H39N3O10S/c1-5-31(2,3)20-12-19(25(44-4)13-24(20)37)26(14-23(36)17-6-8-18(35)9-7-17)45-16-22(29(41)33-15-28(39)40)34-27(38)11-10-21(32)30(42)43/h5-9,12-13,21-22,26,35,37H,1,10-11,14-16,32H2,2-4H3,(H,33,41)(H,34,38)(H,39,40)(H,42,43)/t21?,22-,26-/m1/s1. The van der Waals surface area contributed by atoms with Crippen molar-refractivity contribution in [3.05, 3.63) is 65.7 Å². The smallest absolute Gasteiger partial charge is 0.322 e. The largest absolute Gasteiger partial charge is 0.508 e. The minimum Gasteiger partial charge on any atom is -0.508 e. The molecule has 45 heavy (non-hydrogen) atoms. The maximum atomic E-state index is 13.4. The molecule has 244 valence electrons. The lowest BCUT2D eigenvalue weighted by Gasteiger charge is -2.27. The van der Waals surface area contributed by atoms with Crippen LogP contribution < -0.4 is 21.1 Å². The van der Waals surface area contributed by atoms with Gasteiger partial charge in [-0.15, -0.1) is 6.58 Å². The number of thioether (sulfide) groups is 1. The number of amides is 2. The van der Waals surface area contributed by atoms with Crippen LogP contribution in [0.5, 0.6) is 17.2 Å². The molecule has 0 aliphatic carbocycles. The summed E-state index contributed by atoms with van der Waals surface area (Å²) in [5.74, 6) is -4.38. The van der Waals surface area contributed by atoms with Crippen molar-refractivity contribution in [1.29, 1.82) is 0 Å². The number of aliphatic carboxylic acids is 2. The summed E-state index contributed by atoms with van der Waals surface area (Å²) in [5.41, 5.74) is 6.10. The third-order valence-corrected chi connectivity index (χ3v) is 8.34. The van der Waals surface area contributed by atoms with Gasteiger partial charge >= 0.3 is 11.9 Å². The number of hydrogen-bond donors (Lipinski definition) is 7. The molecule has 0 bridgehead atoms. The van der Waals surface area contributed by atoms with Crippen LogP contribution >= 0.6 is 11.8 Å². The Labute approximate surface area is 264 Å². The first-order valence-electron chi connectivity index (χ1n) is 13.9. The number of ether oxygens (including phenoxy) is 1. The number of allylic oxidation sites excluding steroid dienone is 1. The second kappa shape index (κ2) is 16.5. The molecule has 0 saturated carbocycles. The number of methoxy groups -OCH3 is 1. The second-order valence-corrected chi connectivity index (χ2v) is 12.0. The molecule has 2 aromatic carbocycles. The fraction of sp³-hybridized carbons (Fsp3) is 0.387. The summed E-state index contributed by atoms with van der Waals surface area (Å²) < 4.78 is 5.55. The first kappa shape index (κ1) is 36.6. The van der Waals surface area contributed by atoms with Crippen molar-refractivity contribution >= 4 is 41.3 Å². The molecular weight excluding hydrogens is 606 g/mol. The van der Waals surface area contributed by atoms with Crippen LogP contribution in [0.3, 0.4) is 0 Å². The van der Waals surface area contributed by atoms with Gasteiger partial charge in [-0.2, -0.15) is 11.8 Å². The number of ketones is 1. The summed E-state index contributed by atoms with van der Waals surface area (Å²) in [6.45, 7) is 6.80. The Morgan fingerprint density at radius 3 is 2.29 bits per heavy atom. The predicted molar refractivity (Wildman–Crippen MR) is 168 cm³/mol. The molecule has 14 heteroatoms. The molecule has 0 spiro atoms. The maximum Gasteiger partial charge on any atom is 0.322 e. The van der Waals surface area contributed by atoms with Crippen molar-refractivity contribution in [3.8, 4) is 17.2 Å². The van der Waals surface area contributed by atoms with Gasteiger partial charge < -0.3 is 41.5 Å². The van der Waals surface area contributed by atoms with Gasteiger partial charge in [-0.25, -0.2) is 0 Å². The van der Waals surface area contributed by atoms with Crippen LogP contribution in [0.2, 0.25) is 0 Å². The van der Waals surface area contributed by atoms with Gasteiger partial charge in [0.1, 0.15) is 35.9 Å². The van der Waals surface area contributed by atoms with Gasteiger partial charge in [0.2, 0.25) is 11.8 Å². The lowest BCUT2D eigenvalue weighted by molar-refractivity contribution is -0.139. The summed E-state index contributed by atoms with van der Waals surface area (Å²) in [7, 11) is 1.39. The van der Waals surface area contributed by atoms with Gasteiger partial charge in [0, 0.05) is 52.0 Å². The average Bonchev–Trinajstić information content (AvgIpc) is 2.99. The summed E-state index contributed by atoms with van der Waals surface area (Å²) in [6, 6.07) is 6.19. The van der Waals surface area contributed by atoms with E-state index in [2.05, 4.69) is 17.2 Å². The van der Waals surface area contributed by atoms with E-state index in [-0.39, 0.29) is 48.0 Å². The molecule has 8 N–H and O–H groups in total. The molecule has 13 nitrogen and oxygen atoms in total. The van der Waals surface area contributed by atoms with Crippen molar-refractivity contribution < 1.29 is 49.1 Å². The molecule has 2 rings (SSSR count). The average molecular weight is 646 g/mol. The number of hydrogen-bond acceptors (Lipinski definition) is 10. The number of carboxylic acid groups (broad SMARTS) is 2. The monoisotopic (exact) mass is 645 g/mol. The number of Topliss-reactive ketones (excluding diaryl/α,β-unsaturated/α-hetero) is 1. The molecule has 0 aliphatic rings. The number of carbonyl (C=O) groups excluding carboxylic acids is 3. The van der Waals surface area contributed by atoms with Gasteiger partial charge in [0.05, 0.1) is 7.11 Å². The molecule has 2 aromatic rings. The summed E-state index contributed by atoms with van der Waals surface area (Å²) in [5, 5.41) is 42.5. The van der Waals surface area contributed by atoms with E-state index in [4.69, 9.17) is 20.7 Å². The van der Waals surface area contributed by atoms with E-state index in [1.807, 2.05) is 13.8 Å². The zero-order chi connectivity index (χ0) is 33.9. The normalized spacial score (nSPS) is 13.2. The van der Waals surface area contributed by atoms with Crippen LogP contribution in [-0.4, -0.2) is 81.5 Å². The lowest BCUT2D eigenvalue weighted by Crippen LogP contribution is -2.49. The molecule has 0 radical (unpaired) electrons. The van der Waals surface area contributed by atoms with Crippen molar-refractivity contribution in [3.63, 3.8) is 0 Å². The molecule has 1 unspecified atom stereocenters. The Balaban J connectivity index is 2.49. The van der Waals surface area contributed by atoms with E-state index in [1.54, 1.807) is 12.1 Å². The molecule has 3 atom stereocenters. The van der Waals surface area contributed by atoms with Gasteiger partial charge in [0.25, 0.3) is 0 Å². The molecule has 0 heterocycles. The highest BCUT2D eigenvalue weighted by molar-refractivity contribution is 7.99. The summed E-state index contributed by atoms with van der Waals surface area (Å²) >= 11 is 1.11. The molecule has 0 saturated heterocycles. The van der Waals surface area contributed by atoms with Gasteiger partial charge in [0.15, 0.2) is 5.78 Å². The third-order valence-electron chi connectivity index (χ3n) is 6.99. The summed E-state index contributed by atoms with van der Waals surface area (Å²) in [4.78, 5) is 61.1. The number of nitrogens with two attached hydrogens (primary N) is 1. The Morgan fingerprint density at radius 2 is 1.73 bits per heavy atom. The molecule has 0 aliphatic heterocycles. The number of aromatic hydroxyl groups is 2. The minimum absolute atomic E-state index is 0.0238. The van der Waals surface area contributed by atoms with E-state index in [0.717, 1.165) is 11.8 Å². The minimum atomic E-state index is -1.31. The van der Waals surface area contributed by atoms with Crippen molar-refractivity contribution in [2.75, 3.05) is 19.4 Å². The Kier molecular flexibility index (Phi) is 13.4.